The molecule has 0 bridgehead atoms. The molecule has 108 valence electrons. The number of halogens is 1. The van der Waals surface area contributed by atoms with Crippen LogP contribution in [0.15, 0.2) is 21.2 Å². The van der Waals surface area contributed by atoms with Crippen LogP contribution in [-0.4, -0.2) is 26.2 Å². The van der Waals surface area contributed by atoms with Crippen molar-refractivity contribution in [3.63, 3.8) is 0 Å². The van der Waals surface area contributed by atoms with E-state index in [1.807, 2.05) is 12.1 Å². The molecule has 0 amide bonds. The first-order chi connectivity index (χ1) is 9.56. The van der Waals surface area contributed by atoms with E-state index in [0.29, 0.717) is 5.92 Å². The van der Waals surface area contributed by atoms with Crippen molar-refractivity contribution in [3.05, 3.63) is 34.2 Å². The molecule has 0 saturated carbocycles. The third-order valence-electron chi connectivity index (χ3n) is 3.84. The quantitative estimate of drug-likeness (QED) is 0.861. The highest BCUT2D eigenvalue weighted by molar-refractivity contribution is 9.10. The molecule has 3 heterocycles. The SMILES string of the molecule is CC(C)c1nnc2n1CCN(Cc1ccc(Br)o1)[C@@H]2C. The zero-order valence-corrected chi connectivity index (χ0v) is 13.6. The van der Waals surface area contributed by atoms with Gasteiger partial charge in [-0.05, 0) is 35.0 Å². The lowest BCUT2D eigenvalue weighted by Gasteiger charge is -2.33. The Bertz CT molecular complexity index is 604. The Balaban J connectivity index is 1.80. The molecule has 3 rings (SSSR count). The van der Waals surface area contributed by atoms with Gasteiger partial charge in [-0.15, -0.1) is 10.2 Å². The van der Waals surface area contributed by atoms with E-state index in [1.54, 1.807) is 0 Å². The number of hydrogen-bond donors (Lipinski definition) is 0. The summed E-state index contributed by atoms with van der Waals surface area (Å²) in [5.41, 5.74) is 0. The van der Waals surface area contributed by atoms with Crippen molar-refractivity contribution in [3.8, 4) is 0 Å². The fourth-order valence-electron chi connectivity index (χ4n) is 2.73. The Labute approximate surface area is 127 Å². The predicted octanol–water partition coefficient (Wildman–Crippen LogP) is 3.33. The van der Waals surface area contributed by atoms with Crippen LogP contribution in [0.25, 0.3) is 0 Å². The Morgan fingerprint density at radius 1 is 1.35 bits per heavy atom. The van der Waals surface area contributed by atoms with Crippen molar-refractivity contribution in [1.29, 1.82) is 0 Å². The van der Waals surface area contributed by atoms with Crippen LogP contribution in [0.5, 0.6) is 0 Å². The molecule has 5 nitrogen and oxygen atoms in total. The van der Waals surface area contributed by atoms with Gasteiger partial charge >= 0.3 is 0 Å². The fourth-order valence-corrected chi connectivity index (χ4v) is 3.07. The zero-order chi connectivity index (χ0) is 14.3. The molecule has 1 atom stereocenters. The molecule has 0 unspecified atom stereocenters. The Hall–Kier alpha value is -1.14. The topological polar surface area (TPSA) is 47.1 Å². The van der Waals surface area contributed by atoms with Crippen LogP contribution in [0.1, 0.15) is 50.1 Å². The van der Waals surface area contributed by atoms with Crippen LogP contribution in [-0.2, 0) is 13.1 Å². The second kappa shape index (κ2) is 5.33. The number of rotatable bonds is 3. The Morgan fingerprint density at radius 3 is 2.80 bits per heavy atom. The monoisotopic (exact) mass is 338 g/mol. The van der Waals surface area contributed by atoms with Gasteiger partial charge in [0.25, 0.3) is 0 Å². The summed E-state index contributed by atoms with van der Waals surface area (Å²) in [4.78, 5) is 2.37. The molecular formula is C14H19BrN4O. The van der Waals surface area contributed by atoms with Crippen molar-refractivity contribution in [2.24, 2.45) is 0 Å². The molecule has 6 heteroatoms. The van der Waals surface area contributed by atoms with Gasteiger partial charge in [-0.25, -0.2) is 0 Å². The van der Waals surface area contributed by atoms with Gasteiger partial charge in [-0.1, -0.05) is 13.8 Å². The Kier molecular flexibility index (Phi) is 3.69. The first kappa shape index (κ1) is 13.8. The molecule has 1 aliphatic rings. The van der Waals surface area contributed by atoms with Crippen molar-refractivity contribution in [2.75, 3.05) is 6.54 Å². The van der Waals surface area contributed by atoms with Crippen LogP contribution in [0.2, 0.25) is 0 Å². The molecule has 0 aromatic carbocycles. The van der Waals surface area contributed by atoms with Crippen LogP contribution >= 0.6 is 15.9 Å². The van der Waals surface area contributed by atoms with E-state index in [4.69, 9.17) is 4.42 Å². The minimum atomic E-state index is 0.257. The maximum atomic E-state index is 5.60. The molecule has 0 fully saturated rings. The van der Waals surface area contributed by atoms with E-state index in [9.17, 15) is 0 Å². The normalized spacial score (nSPS) is 19.6. The molecular weight excluding hydrogens is 320 g/mol. The summed E-state index contributed by atoms with van der Waals surface area (Å²) < 4.78 is 8.65. The number of furan rings is 1. The standard InChI is InChI=1S/C14H19BrN4O/c1-9(2)13-16-17-14-10(3)18(6-7-19(13)14)8-11-4-5-12(15)20-11/h4-5,9-10H,6-8H2,1-3H3/t10-/m1/s1. The van der Waals surface area contributed by atoms with Crippen LogP contribution < -0.4 is 0 Å². The van der Waals surface area contributed by atoms with Crippen molar-refractivity contribution < 1.29 is 4.42 Å². The molecule has 2 aromatic rings. The van der Waals surface area contributed by atoms with Crippen LogP contribution in [0.4, 0.5) is 0 Å². The number of nitrogens with zero attached hydrogens (tertiary/aromatic N) is 4. The molecule has 0 saturated heterocycles. The van der Waals surface area contributed by atoms with E-state index in [1.165, 1.54) is 0 Å². The molecule has 0 spiro atoms. The van der Waals surface area contributed by atoms with E-state index >= 15 is 0 Å². The van der Waals surface area contributed by atoms with E-state index in [0.717, 1.165) is 41.7 Å². The summed E-state index contributed by atoms with van der Waals surface area (Å²) in [7, 11) is 0. The lowest BCUT2D eigenvalue weighted by molar-refractivity contribution is 0.143. The van der Waals surface area contributed by atoms with E-state index < -0.39 is 0 Å². The van der Waals surface area contributed by atoms with Gasteiger partial charge < -0.3 is 8.98 Å². The number of aromatic nitrogens is 3. The summed E-state index contributed by atoms with van der Waals surface area (Å²) >= 11 is 3.35. The van der Waals surface area contributed by atoms with Crippen molar-refractivity contribution in [1.82, 2.24) is 19.7 Å². The minimum absolute atomic E-state index is 0.257. The van der Waals surface area contributed by atoms with Gasteiger partial charge in [-0.2, -0.15) is 0 Å². The van der Waals surface area contributed by atoms with E-state index in [2.05, 4.69) is 56.4 Å². The highest BCUT2D eigenvalue weighted by Crippen LogP contribution is 2.28. The molecule has 0 radical (unpaired) electrons. The second-order valence-corrected chi connectivity index (χ2v) is 6.36. The number of hydrogen-bond acceptors (Lipinski definition) is 4. The summed E-state index contributed by atoms with van der Waals surface area (Å²) in [6.07, 6.45) is 0. The maximum Gasteiger partial charge on any atom is 0.169 e. The van der Waals surface area contributed by atoms with Crippen LogP contribution in [0.3, 0.4) is 0 Å². The molecule has 0 aliphatic carbocycles. The van der Waals surface area contributed by atoms with Gasteiger partial charge in [0.15, 0.2) is 4.67 Å². The third-order valence-corrected chi connectivity index (χ3v) is 4.27. The van der Waals surface area contributed by atoms with Gasteiger partial charge in [0.1, 0.15) is 17.4 Å². The van der Waals surface area contributed by atoms with Gasteiger partial charge in [0, 0.05) is 19.0 Å². The highest BCUT2D eigenvalue weighted by atomic mass is 79.9. The third kappa shape index (κ3) is 2.42. The molecule has 20 heavy (non-hydrogen) atoms. The molecule has 1 aliphatic heterocycles. The first-order valence-corrected chi connectivity index (χ1v) is 7.77. The Morgan fingerprint density at radius 2 is 2.15 bits per heavy atom. The largest absolute Gasteiger partial charge is 0.453 e. The summed E-state index contributed by atoms with van der Waals surface area (Å²) in [5.74, 6) is 3.54. The first-order valence-electron chi connectivity index (χ1n) is 6.97. The van der Waals surface area contributed by atoms with Gasteiger partial charge in [0.05, 0.1) is 12.6 Å². The fraction of sp³-hybridized carbons (Fsp3) is 0.571. The van der Waals surface area contributed by atoms with Crippen molar-refractivity contribution in [2.45, 2.75) is 45.8 Å². The maximum absolute atomic E-state index is 5.60. The van der Waals surface area contributed by atoms with Crippen LogP contribution in [0, 0.1) is 0 Å². The average Bonchev–Trinajstić information content (AvgIpc) is 2.99. The highest BCUT2D eigenvalue weighted by Gasteiger charge is 2.29. The zero-order valence-electron chi connectivity index (χ0n) is 12.0. The molecule has 0 N–H and O–H groups in total. The minimum Gasteiger partial charge on any atom is -0.453 e. The lowest BCUT2D eigenvalue weighted by Crippen LogP contribution is -2.37. The lowest BCUT2D eigenvalue weighted by atomic mass is 10.1. The van der Waals surface area contributed by atoms with Crippen molar-refractivity contribution >= 4 is 15.9 Å². The average molecular weight is 339 g/mol. The van der Waals surface area contributed by atoms with Gasteiger partial charge in [0.2, 0.25) is 0 Å². The summed E-state index contributed by atoms with van der Waals surface area (Å²) in [6, 6.07) is 4.20. The smallest absolute Gasteiger partial charge is 0.169 e. The summed E-state index contributed by atoms with van der Waals surface area (Å²) in [6.45, 7) is 9.24. The van der Waals surface area contributed by atoms with Gasteiger partial charge in [-0.3, -0.25) is 4.90 Å². The number of fused-ring (bicyclic) bond motifs is 1. The van der Waals surface area contributed by atoms with E-state index in [-0.39, 0.29) is 6.04 Å². The summed E-state index contributed by atoms with van der Waals surface area (Å²) in [5, 5.41) is 8.74. The second-order valence-electron chi connectivity index (χ2n) is 5.58. The molecule has 2 aromatic heterocycles. The predicted molar refractivity (Wildman–Crippen MR) is 79.3 cm³/mol.